The highest BCUT2D eigenvalue weighted by molar-refractivity contribution is 5.76. The van der Waals surface area contributed by atoms with Gasteiger partial charge in [-0.1, -0.05) is 38.3 Å². The van der Waals surface area contributed by atoms with Crippen LogP contribution in [0.2, 0.25) is 0 Å². The number of carbonyl (C=O) groups is 1. The summed E-state index contributed by atoms with van der Waals surface area (Å²) in [6.07, 6.45) is 13.1. The van der Waals surface area contributed by atoms with Gasteiger partial charge >= 0.3 is 0 Å². The van der Waals surface area contributed by atoms with Crippen molar-refractivity contribution in [3.63, 3.8) is 0 Å². The van der Waals surface area contributed by atoms with Gasteiger partial charge in [0.2, 0.25) is 5.91 Å². The number of hydrogen-bond acceptors (Lipinski definition) is 4. The first-order valence-electron chi connectivity index (χ1n) is 9.98. The molecule has 0 aromatic carbocycles. The lowest BCUT2D eigenvalue weighted by molar-refractivity contribution is -0.176. The van der Waals surface area contributed by atoms with Gasteiger partial charge in [0.25, 0.3) is 0 Å². The van der Waals surface area contributed by atoms with Gasteiger partial charge in [0, 0.05) is 0 Å². The van der Waals surface area contributed by atoms with E-state index in [2.05, 4.69) is 24.4 Å². The van der Waals surface area contributed by atoms with Gasteiger partial charge in [0.1, 0.15) is 0 Å². The summed E-state index contributed by atoms with van der Waals surface area (Å²) < 4.78 is 5.31. The van der Waals surface area contributed by atoms with Gasteiger partial charge in [-0.15, -0.1) is 0 Å². The average Bonchev–Trinajstić information content (AvgIpc) is 2.56. The monoisotopic (exact) mass is 355 g/mol. The molecule has 0 spiro atoms. The molecule has 0 radical (unpaired) electrons. The first-order valence-corrected chi connectivity index (χ1v) is 9.98. The van der Waals surface area contributed by atoms with Crippen LogP contribution in [-0.2, 0) is 9.53 Å². The molecular formula is C20H37NO4. The highest BCUT2D eigenvalue weighted by Crippen LogP contribution is 2.18. The van der Waals surface area contributed by atoms with Crippen molar-refractivity contribution in [1.29, 1.82) is 0 Å². The second-order valence-corrected chi connectivity index (χ2v) is 7.20. The predicted octanol–water partition coefficient (Wildman–Crippen LogP) is 3.44. The molecule has 1 amide bonds. The summed E-state index contributed by atoms with van der Waals surface area (Å²) in [6.45, 7) is 4.12. The number of carbonyl (C=O) groups excluding carboxylic acids is 1. The molecule has 5 heteroatoms. The third-order valence-electron chi connectivity index (χ3n) is 4.67. The van der Waals surface area contributed by atoms with E-state index in [9.17, 15) is 15.0 Å². The molecule has 3 unspecified atom stereocenters. The SMILES string of the molecule is CCCCCC/C=C\CCCC(O)CC(=O)NC1CCC(C)O[C@@H]1O. The molecule has 1 aliphatic rings. The van der Waals surface area contributed by atoms with Crippen LogP contribution < -0.4 is 5.32 Å². The van der Waals surface area contributed by atoms with Gasteiger partial charge in [-0.3, -0.25) is 4.79 Å². The van der Waals surface area contributed by atoms with Gasteiger partial charge < -0.3 is 20.3 Å². The van der Waals surface area contributed by atoms with Gasteiger partial charge in [0.05, 0.1) is 24.7 Å². The molecule has 1 heterocycles. The molecule has 4 atom stereocenters. The number of hydrogen-bond donors (Lipinski definition) is 3. The summed E-state index contributed by atoms with van der Waals surface area (Å²) in [5.41, 5.74) is 0. The van der Waals surface area contributed by atoms with Crippen molar-refractivity contribution in [3.05, 3.63) is 12.2 Å². The Morgan fingerprint density at radius 2 is 1.92 bits per heavy atom. The highest BCUT2D eigenvalue weighted by atomic mass is 16.6. The molecule has 1 aliphatic heterocycles. The van der Waals surface area contributed by atoms with Crippen molar-refractivity contribution >= 4 is 5.91 Å². The van der Waals surface area contributed by atoms with Gasteiger partial charge in [-0.05, 0) is 51.9 Å². The van der Waals surface area contributed by atoms with E-state index in [1.54, 1.807) is 0 Å². The van der Waals surface area contributed by atoms with Crippen LogP contribution in [0.4, 0.5) is 0 Å². The minimum absolute atomic E-state index is 0.0217. The van der Waals surface area contributed by atoms with E-state index in [1.165, 1.54) is 25.7 Å². The van der Waals surface area contributed by atoms with Crippen molar-refractivity contribution in [3.8, 4) is 0 Å². The Hall–Kier alpha value is -0.910. The van der Waals surface area contributed by atoms with Crippen LogP contribution in [0.25, 0.3) is 0 Å². The summed E-state index contributed by atoms with van der Waals surface area (Å²) in [7, 11) is 0. The third kappa shape index (κ3) is 10.6. The normalized spacial score (nSPS) is 25.2. The van der Waals surface area contributed by atoms with E-state index in [0.717, 1.165) is 25.7 Å². The maximum absolute atomic E-state index is 12.0. The maximum atomic E-state index is 12.0. The van der Waals surface area contributed by atoms with Crippen molar-refractivity contribution in [2.45, 2.75) is 109 Å². The number of allylic oxidation sites excluding steroid dienone is 2. The molecule has 3 N–H and O–H groups in total. The molecule has 1 fully saturated rings. The number of unbranched alkanes of at least 4 members (excludes halogenated alkanes) is 5. The Morgan fingerprint density at radius 1 is 1.20 bits per heavy atom. The minimum Gasteiger partial charge on any atom is -0.393 e. The Labute approximate surface area is 152 Å². The van der Waals surface area contributed by atoms with E-state index in [1.807, 2.05) is 6.92 Å². The molecule has 0 bridgehead atoms. The number of rotatable bonds is 12. The number of amides is 1. The maximum Gasteiger partial charge on any atom is 0.222 e. The summed E-state index contributed by atoms with van der Waals surface area (Å²) in [5, 5.41) is 22.6. The van der Waals surface area contributed by atoms with E-state index in [-0.39, 0.29) is 24.5 Å². The van der Waals surface area contributed by atoms with Crippen molar-refractivity contribution < 1.29 is 19.7 Å². The van der Waals surface area contributed by atoms with Gasteiger partial charge in [0.15, 0.2) is 6.29 Å². The lowest BCUT2D eigenvalue weighted by atomic mass is 10.0. The van der Waals surface area contributed by atoms with Crippen molar-refractivity contribution in [2.75, 3.05) is 0 Å². The second kappa shape index (κ2) is 13.3. The van der Waals surface area contributed by atoms with Crippen LogP contribution >= 0.6 is 0 Å². The summed E-state index contributed by atoms with van der Waals surface area (Å²) >= 11 is 0. The summed E-state index contributed by atoms with van der Waals surface area (Å²) in [5.74, 6) is -0.221. The standard InChI is InChI=1S/C20H37NO4/c1-3-4-5-6-7-8-9-10-11-12-17(22)15-19(23)21-18-14-13-16(2)25-20(18)24/h8-9,16-18,20,22,24H,3-7,10-15H2,1-2H3,(H,21,23)/b9-8-/t16?,17?,18?,20-/m0/s1. The van der Waals surface area contributed by atoms with E-state index in [0.29, 0.717) is 12.8 Å². The predicted molar refractivity (Wildman–Crippen MR) is 100 cm³/mol. The van der Waals surface area contributed by atoms with Crippen LogP contribution in [-0.4, -0.2) is 40.7 Å². The molecule has 1 rings (SSSR count). The fourth-order valence-electron chi connectivity index (χ4n) is 3.08. The first kappa shape index (κ1) is 22.1. The van der Waals surface area contributed by atoms with Crippen LogP contribution in [0.3, 0.4) is 0 Å². The largest absolute Gasteiger partial charge is 0.393 e. The van der Waals surface area contributed by atoms with E-state index >= 15 is 0 Å². The van der Waals surface area contributed by atoms with E-state index in [4.69, 9.17) is 4.74 Å². The Bertz CT molecular complexity index is 386. The number of nitrogens with one attached hydrogen (secondary N) is 1. The zero-order valence-corrected chi connectivity index (χ0v) is 16.0. The second-order valence-electron chi connectivity index (χ2n) is 7.20. The van der Waals surface area contributed by atoms with Crippen LogP contribution in [0.15, 0.2) is 12.2 Å². The zero-order chi connectivity index (χ0) is 18.5. The smallest absolute Gasteiger partial charge is 0.222 e. The number of aliphatic hydroxyl groups is 2. The van der Waals surface area contributed by atoms with Crippen LogP contribution in [0.1, 0.15) is 84.5 Å². The molecule has 1 saturated heterocycles. The lowest BCUT2D eigenvalue weighted by Gasteiger charge is -2.32. The minimum atomic E-state index is -0.952. The highest BCUT2D eigenvalue weighted by Gasteiger charge is 2.29. The van der Waals surface area contributed by atoms with E-state index < -0.39 is 12.4 Å². The quantitative estimate of drug-likeness (QED) is 0.370. The molecule has 0 aliphatic carbocycles. The van der Waals surface area contributed by atoms with Crippen molar-refractivity contribution in [2.24, 2.45) is 0 Å². The molecule has 0 saturated carbocycles. The molecule has 0 aromatic rings. The molecule has 0 aromatic heterocycles. The number of ether oxygens (including phenoxy) is 1. The van der Waals surface area contributed by atoms with Crippen LogP contribution in [0, 0.1) is 0 Å². The topological polar surface area (TPSA) is 78.8 Å². The Kier molecular flexibility index (Phi) is 11.8. The first-order chi connectivity index (χ1) is 12.0. The fourth-order valence-corrected chi connectivity index (χ4v) is 3.08. The third-order valence-corrected chi connectivity index (χ3v) is 4.67. The average molecular weight is 356 g/mol. The Morgan fingerprint density at radius 3 is 2.60 bits per heavy atom. The summed E-state index contributed by atoms with van der Waals surface area (Å²) in [4.78, 5) is 12.0. The lowest BCUT2D eigenvalue weighted by Crippen LogP contribution is -2.49. The Balaban J connectivity index is 2.06. The molecule has 5 nitrogen and oxygen atoms in total. The van der Waals surface area contributed by atoms with Crippen molar-refractivity contribution in [1.82, 2.24) is 5.32 Å². The zero-order valence-electron chi connectivity index (χ0n) is 16.0. The summed E-state index contributed by atoms with van der Waals surface area (Å²) in [6, 6.07) is -0.369. The molecular weight excluding hydrogens is 318 g/mol. The van der Waals surface area contributed by atoms with Crippen LogP contribution in [0.5, 0.6) is 0 Å². The number of aliphatic hydroxyl groups excluding tert-OH is 2. The fraction of sp³-hybridized carbons (Fsp3) is 0.850. The van der Waals surface area contributed by atoms with Gasteiger partial charge in [-0.25, -0.2) is 0 Å². The van der Waals surface area contributed by atoms with Gasteiger partial charge in [-0.2, -0.15) is 0 Å². The molecule has 146 valence electrons. The molecule has 25 heavy (non-hydrogen) atoms.